The molecule has 0 bridgehead atoms. The minimum absolute atomic E-state index is 0.164. The van der Waals surface area contributed by atoms with Crippen molar-refractivity contribution in [1.29, 1.82) is 0 Å². The van der Waals surface area contributed by atoms with Gasteiger partial charge in [-0.25, -0.2) is 0 Å². The fraction of sp³-hybridized carbons (Fsp3) is 0.600. The largest absolute Gasteiger partial charge is 0.491 e. The average Bonchev–Trinajstić information content (AvgIpc) is 2.80. The molecule has 0 unspecified atom stereocenters. The smallest absolute Gasteiger partial charge is 0.255 e. The van der Waals surface area contributed by atoms with Crippen LogP contribution in [0.25, 0.3) is 0 Å². The first kappa shape index (κ1) is 26.5. The van der Waals surface area contributed by atoms with Gasteiger partial charge in [-0.3, -0.25) is 19.2 Å². The minimum atomic E-state index is -1.11. The Hall–Kier alpha value is -3.14. The Bertz CT molecular complexity index is 942. The zero-order valence-corrected chi connectivity index (χ0v) is 21.1. The van der Waals surface area contributed by atoms with Crippen molar-refractivity contribution in [3.8, 4) is 5.75 Å². The van der Waals surface area contributed by atoms with Crippen LogP contribution >= 0.6 is 0 Å². The van der Waals surface area contributed by atoms with Gasteiger partial charge in [-0.1, -0.05) is 26.0 Å². The first-order valence-electron chi connectivity index (χ1n) is 12.1. The Morgan fingerprint density at radius 1 is 1.06 bits per heavy atom. The highest BCUT2D eigenvalue weighted by Gasteiger charge is 2.35. The van der Waals surface area contributed by atoms with Crippen LogP contribution in [0.1, 0.15) is 44.5 Å². The van der Waals surface area contributed by atoms with Gasteiger partial charge in [0.05, 0.1) is 30.7 Å². The molecule has 0 radical (unpaired) electrons. The number of morpholine rings is 1. The topological polar surface area (TPSA) is 117 Å². The summed E-state index contributed by atoms with van der Waals surface area (Å²) < 4.78 is 11.5. The van der Waals surface area contributed by atoms with Crippen LogP contribution in [-0.2, 0) is 19.1 Å². The van der Waals surface area contributed by atoms with E-state index in [0.29, 0.717) is 18.8 Å². The first-order chi connectivity index (χ1) is 16.6. The monoisotopic (exact) mass is 488 g/mol. The van der Waals surface area contributed by atoms with Crippen molar-refractivity contribution in [3.63, 3.8) is 0 Å². The van der Waals surface area contributed by atoms with Gasteiger partial charge in [0, 0.05) is 20.1 Å². The van der Waals surface area contributed by atoms with Crippen LogP contribution in [0.4, 0.5) is 0 Å². The van der Waals surface area contributed by atoms with Gasteiger partial charge in [-0.05, 0) is 31.9 Å². The van der Waals surface area contributed by atoms with E-state index < -0.39 is 23.9 Å². The molecular weight excluding hydrogens is 452 g/mol. The highest BCUT2D eigenvalue weighted by molar-refractivity contribution is 6.01. The lowest BCUT2D eigenvalue weighted by Gasteiger charge is -2.37. The summed E-state index contributed by atoms with van der Waals surface area (Å²) in [5.74, 6) is -1.45. The molecule has 1 saturated heterocycles. The lowest BCUT2D eigenvalue weighted by atomic mass is 10.0. The first-order valence-corrected chi connectivity index (χ1v) is 12.1. The predicted molar refractivity (Wildman–Crippen MR) is 129 cm³/mol. The van der Waals surface area contributed by atoms with Crippen molar-refractivity contribution >= 4 is 23.6 Å². The molecule has 10 nitrogen and oxygen atoms in total. The molecule has 2 aliphatic heterocycles. The molecule has 2 heterocycles. The van der Waals surface area contributed by atoms with Crippen molar-refractivity contribution in [1.82, 2.24) is 20.4 Å². The standard InChI is InChI=1S/C25H36N4O6/c1-15(2)22-25(33)28(5)10-11-34-20-9-7-6-8-18(20)23(31)26-19(12-21(30)27-22)24(32)29-13-16(3)35-17(4)14-29/h6-9,15-17,19,22H,10-14H2,1-5H3,(H,26,31)(H,27,30)/t16-,17+,19-,22+/m0/s1. The summed E-state index contributed by atoms with van der Waals surface area (Å²) in [5.41, 5.74) is 0.250. The lowest BCUT2D eigenvalue weighted by Crippen LogP contribution is -2.57. The van der Waals surface area contributed by atoms with E-state index in [2.05, 4.69) is 10.6 Å². The summed E-state index contributed by atoms with van der Waals surface area (Å²) in [4.78, 5) is 55.9. The third-order valence-corrected chi connectivity index (χ3v) is 6.17. The van der Waals surface area contributed by atoms with Crippen molar-refractivity contribution < 1.29 is 28.7 Å². The van der Waals surface area contributed by atoms with Crippen LogP contribution in [0.3, 0.4) is 0 Å². The zero-order valence-electron chi connectivity index (χ0n) is 21.1. The maximum Gasteiger partial charge on any atom is 0.255 e. The van der Waals surface area contributed by atoms with Gasteiger partial charge in [-0.15, -0.1) is 0 Å². The predicted octanol–water partition coefficient (Wildman–Crippen LogP) is 0.803. The molecule has 4 amide bonds. The van der Waals surface area contributed by atoms with Gasteiger partial charge in [0.2, 0.25) is 17.7 Å². The molecule has 3 rings (SSSR count). The maximum atomic E-state index is 13.5. The number of ether oxygens (including phenoxy) is 2. The van der Waals surface area contributed by atoms with E-state index in [1.807, 2.05) is 27.7 Å². The second-order valence-electron chi connectivity index (χ2n) is 9.62. The summed E-state index contributed by atoms with van der Waals surface area (Å²) in [6.07, 6.45) is -0.634. The van der Waals surface area contributed by atoms with Crippen LogP contribution < -0.4 is 15.4 Å². The summed E-state index contributed by atoms with van der Waals surface area (Å²) in [6.45, 7) is 8.58. The van der Waals surface area contributed by atoms with E-state index in [1.54, 1.807) is 36.2 Å². The number of nitrogens with one attached hydrogen (secondary N) is 2. The normalized spacial score (nSPS) is 26.9. The fourth-order valence-electron chi connectivity index (χ4n) is 4.37. The molecule has 1 fully saturated rings. The zero-order chi connectivity index (χ0) is 25.7. The van der Waals surface area contributed by atoms with Gasteiger partial charge in [0.25, 0.3) is 5.91 Å². The number of fused-ring (bicyclic) bond motifs is 1. The SMILES string of the molecule is CC(C)[C@H]1NC(=O)C[C@@H](C(=O)N2C[C@@H](C)O[C@@H](C)C2)NC(=O)c2ccccc2OCCN(C)C1=O. The molecule has 1 aromatic rings. The maximum absolute atomic E-state index is 13.5. The molecule has 0 aromatic heterocycles. The minimum Gasteiger partial charge on any atom is -0.491 e. The van der Waals surface area contributed by atoms with Crippen LogP contribution in [0.5, 0.6) is 5.75 Å². The molecule has 2 N–H and O–H groups in total. The number of hydrogen-bond donors (Lipinski definition) is 2. The van der Waals surface area contributed by atoms with Crippen LogP contribution in [0.15, 0.2) is 24.3 Å². The third-order valence-electron chi connectivity index (χ3n) is 6.17. The molecule has 192 valence electrons. The van der Waals surface area contributed by atoms with Crippen LogP contribution in [0, 0.1) is 5.92 Å². The number of carbonyl (C=O) groups excluding carboxylic acids is 4. The van der Waals surface area contributed by atoms with Gasteiger partial charge >= 0.3 is 0 Å². The number of rotatable bonds is 2. The Kier molecular flexibility index (Phi) is 8.71. The van der Waals surface area contributed by atoms with E-state index >= 15 is 0 Å². The number of likely N-dealkylation sites (N-methyl/N-ethyl adjacent to an activating group) is 1. The summed E-state index contributed by atoms with van der Waals surface area (Å²) in [6, 6.07) is 4.82. The van der Waals surface area contributed by atoms with Gasteiger partial charge < -0.3 is 29.9 Å². The lowest BCUT2D eigenvalue weighted by molar-refractivity contribution is -0.146. The molecule has 0 saturated carbocycles. The van der Waals surface area contributed by atoms with Gasteiger partial charge in [0.15, 0.2) is 0 Å². The van der Waals surface area contributed by atoms with Crippen LogP contribution in [0.2, 0.25) is 0 Å². The summed E-state index contributed by atoms with van der Waals surface area (Å²) >= 11 is 0. The number of para-hydroxylation sites is 1. The number of carbonyl (C=O) groups is 4. The molecular formula is C25H36N4O6. The van der Waals surface area contributed by atoms with E-state index in [1.165, 1.54) is 4.90 Å². The molecule has 10 heteroatoms. The Morgan fingerprint density at radius 2 is 1.71 bits per heavy atom. The van der Waals surface area contributed by atoms with E-state index in [-0.39, 0.29) is 55.1 Å². The number of amides is 4. The van der Waals surface area contributed by atoms with Crippen molar-refractivity contribution in [2.24, 2.45) is 5.92 Å². The Morgan fingerprint density at radius 3 is 2.37 bits per heavy atom. The highest BCUT2D eigenvalue weighted by atomic mass is 16.5. The summed E-state index contributed by atoms with van der Waals surface area (Å²) in [7, 11) is 1.64. The van der Waals surface area contributed by atoms with E-state index in [4.69, 9.17) is 9.47 Å². The number of nitrogens with zero attached hydrogens (tertiary/aromatic N) is 2. The summed E-state index contributed by atoms with van der Waals surface area (Å²) in [5, 5.41) is 5.51. The van der Waals surface area contributed by atoms with Gasteiger partial charge in [-0.2, -0.15) is 0 Å². The molecule has 2 aliphatic rings. The quantitative estimate of drug-likeness (QED) is 0.636. The van der Waals surface area contributed by atoms with E-state index in [9.17, 15) is 19.2 Å². The molecule has 0 spiro atoms. The van der Waals surface area contributed by atoms with Crippen LogP contribution in [-0.4, -0.2) is 91.0 Å². The Labute approximate surface area is 206 Å². The molecule has 1 aromatic carbocycles. The van der Waals surface area contributed by atoms with Gasteiger partial charge in [0.1, 0.15) is 24.4 Å². The average molecular weight is 489 g/mol. The van der Waals surface area contributed by atoms with E-state index in [0.717, 1.165) is 0 Å². The van der Waals surface area contributed by atoms with Crippen molar-refractivity contribution in [3.05, 3.63) is 29.8 Å². The van der Waals surface area contributed by atoms with Crippen molar-refractivity contribution in [2.45, 2.75) is 58.4 Å². The number of benzene rings is 1. The second-order valence-corrected chi connectivity index (χ2v) is 9.62. The Balaban J connectivity index is 1.93. The fourth-order valence-corrected chi connectivity index (χ4v) is 4.37. The molecule has 4 atom stereocenters. The highest BCUT2D eigenvalue weighted by Crippen LogP contribution is 2.20. The molecule has 35 heavy (non-hydrogen) atoms. The van der Waals surface area contributed by atoms with Crippen molar-refractivity contribution in [2.75, 3.05) is 33.3 Å². The molecule has 0 aliphatic carbocycles. The third kappa shape index (κ3) is 6.72. The second kappa shape index (κ2) is 11.5. The number of hydrogen-bond acceptors (Lipinski definition) is 6.